The van der Waals surface area contributed by atoms with Crippen LogP contribution in [0.3, 0.4) is 0 Å². The van der Waals surface area contributed by atoms with Crippen molar-refractivity contribution in [3.63, 3.8) is 0 Å². The van der Waals surface area contributed by atoms with Gasteiger partial charge in [-0.15, -0.1) is 0 Å². The fraction of sp³-hybridized carbons (Fsp3) is 0.353. The van der Waals surface area contributed by atoms with E-state index in [2.05, 4.69) is 36.4 Å². The molecule has 37 heavy (non-hydrogen) atoms. The van der Waals surface area contributed by atoms with E-state index in [1.807, 2.05) is 30.3 Å². The monoisotopic (exact) mass is 494 g/mol. The fourth-order valence-corrected chi connectivity index (χ4v) is 6.20. The third-order valence-corrected chi connectivity index (χ3v) is 8.25. The summed E-state index contributed by atoms with van der Waals surface area (Å²) < 4.78 is 13.6. The number of allylic oxidation sites excluding steroid dienone is 2. The van der Waals surface area contributed by atoms with Crippen molar-refractivity contribution in [3.05, 3.63) is 118 Å². The molecule has 2 atom stereocenters. The Morgan fingerprint density at radius 2 is 1.62 bits per heavy atom. The van der Waals surface area contributed by atoms with Crippen LogP contribution in [0.5, 0.6) is 0 Å². The molecule has 3 aromatic carbocycles. The van der Waals surface area contributed by atoms with Crippen molar-refractivity contribution in [3.8, 4) is 0 Å². The predicted molar refractivity (Wildman–Crippen MR) is 146 cm³/mol. The molecule has 2 unspecified atom stereocenters. The Bertz CT molecular complexity index is 1300. The van der Waals surface area contributed by atoms with Crippen LogP contribution in [0.2, 0.25) is 0 Å². The molecule has 0 radical (unpaired) electrons. The third-order valence-electron chi connectivity index (χ3n) is 8.25. The number of benzene rings is 3. The molecular weight excluding hydrogens is 459 g/mol. The Hall–Kier alpha value is -3.33. The first-order chi connectivity index (χ1) is 18.0. The summed E-state index contributed by atoms with van der Waals surface area (Å²) in [5.41, 5.74) is 6.39. The Labute approximate surface area is 219 Å². The Morgan fingerprint density at radius 3 is 2.38 bits per heavy atom. The summed E-state index contributed by atoms with van der Waals surface area (Å²) in [6, 6.07) is 23.1. The average Bonchev–Trinajstić information content (AvgIpc) is 3.38. The van der Waals surface area contributed by atoms with Gasteiger partial charge in [0.2, 0.25) is 0 Å². The van der Waals surface area contributed by atoms with Crippen molar-refractivity contribution in [1.29, 1.82) is 0 Å². The quantitative estimate of drug-likeness (QED) is 0.296. The Kier molecular flexibility index (Phi) is 7.79. The summed E-state index contributed by atoms with van der Waals surface area (Å²) in [6.07, 6.45) is 10.1. The van der Waals surface area contributed by atoms with Gasteiger partial charge in [0.15, 0.2) is 11.6 Å². The van der Waals surface area contributed by atoms with Gasteiger partial charge in [-0.2, -0.15) is 0 Å². The first-order valence-electron chi connectivity index (χ1n) is 13.7. The van der Waals surface area contributed by atoms with Crippen molar-refractivity contribution in [2.45, 2.75) is 70.1 Å². The zero-order valence-corrected chi connectivity index (χ0v) is 21.6. The number of ketones is 2. The molecular formula is C34H35FO2. The smallest absolute Gasteiger partial charge is 0.162 e. The molecule has 0 bridgehead atoms. The van der Waals surface area contributed by atoms with Gasteiger partial charge in [-0.1, -0.05) is 79.9 Å². The van der Waals surface area contributed by atoms with E-state index in [4.69, 9.17) is 0 Å². The molecule has 190 valence electrons. The Balaban J connectivity index is 1.44. The molecule has 0 aliphatic heterocycles. The van der Waals surface area contributed by atoms with Gasteiger partial charge in [0.1, 0.15) is 5.82 Å². The minimum absolute atomic E-state index is 0.0456. The number of aryl methyl sites for hydroxylation is 2. The van der Waals surface area contributed by atoms with Crippen LogP contribution in [0.25, 0.3) is 0 Å². The van der Waals surface area contributed by atoms with E-state index in [1.54, 1.807) is 6.92 Å². The van der Waals surface area contributed by atoms with E-state index in [0.29, 0.717) is 5.78 Å². The molecule has 0 heterocycles. The van der Waals surface area contributed by atoms with Gasteiger partial charge >= 0.3 is 0 Å². The van der Waals surface area contributed by atoms with Crippen molar-refractivity contribution in [2.24, 2.45) is 5.92 Å². The van der Waals surface area contributed by atoms with Crippen LogP contribution in [0.4, 0.5) is 4.39 Å². The van der Waals surface area contributed by atoms with Gasteiger partial charge in [-0.25, -0.2) is 4.39 Å². The molecule has 2 aliphatic rings. The van der Waals surface area contributed by atoms with Gasteiger partial charge in [0.05, 0.1) is 0 Å². The average molecular weight is 495 g/mol. The summed E-state index contributed by atoms with van der Waals surface area (Å²) in [7, 11) is 0. The van der Waals surface area contributed by atoms with Crippen LogP contribution in [0.1, 0.15) is 89.9 Å². The van der Waals surface area contributed by atoms with Gasteiger partial charge in [-0.05, 0) is 85.1 Å². The molecule has 1 fully saturated rings. The number of rotatable bonds is 8. The highest BCUT2D eigenvalue weighted by Crippen LogP contribution is 2.46. The number of hydrogen-bond acceptors (Lipinski definition) is 2. The van der Waals surface area contributed by atoms with Crippen LogP contribution >= 0.6 is 0 Å². The lowest BCUT2D eigenvalue weighted by Gasteiger charge is -2.25. The van der Waals surface area contributed by atoms with Crippen LogP contribution in [0.15, 0.2) is 84.4 Å². The lowest BCUT2D eigenvalue weighted by molar-refractivity contribution is -0.120. The standard InChI is InChI=1S/C34H35FO2/c1-23(36)28-12-7-8-24(20-28)14-15-26-9-5-6-13-31(26)32-21-29(25-16-18-30(35)19-17-25)22-33(32)34(37)27-10-3-2-4-11-27/h5-9,12-13,16-20,22,27,29,32H,2-4,10-11,14-15,21H2,1H3. The van der Waals surface area contributed by atoms with Crippen molar-refractivity contribution >= 4 is 11.6 Å². The fourth-order valence-electron chi connectivity index (χ4n) is 6.20. The molecule has 2 nitrogen and oxygen atoms in total. The maximum absolute atomic E-state index is 13.8. The molecule has 2 aliphatic carbocycles. The number of Topliss-reactive ketones (excluding diaryl/α,β-unsaturated/α-hetero) is 2. The molecule has 3 aromatic rings. The molecule has 0 N–H and O–H groups in total. The first kappa shape index (κ1) is 25.3. The van der Waals surface area contributed by atoms with Crippen LogP contribution < -0.4 is 0 Å². The normalized spacial score (nSPS) is 20.0. The first-order valence-corrected chi connectivity index (χ1v) is 13.7. The minimum Gasteiger partial charge on any atom is -0.295 e. The SMILES string of the molecule is CC(=O)c1cccc(CCc2ccccc2C2CC(c3ccc(F)cc3)C=C2C(=O)C2CCCCC2)c1. The lowest BCUT2D eigenvalue weighted by Crippen LogP contribution is -2.22. The highest BCUT2D eigenvalue weighted by molar-refractivity contribution is 5.99. The van der Waals surface area contributed by atoms with Crippen molar-refractivity contribution in [1.82, 2.24) is 0 Å². The predicted octanol–water partition coefficient (Wildman–Crippen LogP) is 8.16. The maximum Gasteiger partial charge on any atom is 0.162 e. The highest BCUT2D eigenvalue weighted by Gasteiger charge is 2.36. The summed E-state index contributed by atoms with van der Waals surface area (Å²) in [6.45, 7) is 1.60. The Morgan fingerprint density at radius 1 is 0.865 bits per heavy atom. The van der Waals surface area contributed by atoms with Gasteiger partial charge in [-0.3, -0.25) is 9.59 Å². The lowest BCUT2D eigenvalue weighted by atomic mass is 9.78. The molecule has 0 spiro atoms. The zero-order valence-electron chi connectivity index (χ0n) is 21.6. The number of carbonyl (C=O) groups is 2. The minimum atomic E-state index is -0.236. The van der Waals surface area contributed by atoms with Gasteiger partial charge < -0.3 is 0 Å². The molecule has 0 aromatic heterocycles. The van der Waals surface area contributed by atoms with Crippen LogP contribution in [-0.4, -0.2) is 11.6 Å². The second kappa shape index (κ2) is 11.4. The molecule has 5 rings (SSSR count). The van der Waals surface area contributed by atoms with Gasteiger partial charge in [0.25, 0.3) is 0 Å². The second-order valence-corrected chi connectivity index (χ2v) is 10.7. The van der Waals surface area contributed by atoms with E-state index in [0.717, 1.165) is 67.2 Å². The molecule has 1 saturated carbocycles. The van der Waals surface area contributed by atoms with E-state index < -0.39 is 0 Å². The van der Waals surface area contributed by atoms with Crippen molar-refractivity contribution < 1.29 is 14.0 Å². The highest BCUT2D eigenvalue weighted by atomic mass is 19.1. The summed E-state index contributed by atoms with van der Waals surface area (Å²) in [5.74, 6) is 0.433. The van der Waals surface area contributed by atoms with E-state index in [1.165, 1.54) is 29.7 Å². The largest absolute Gasteiger partial charge is 0.295 e. The molecule has 3 heteroatoms. The third kappa shape index (κ3) is 5.82. The molecule has 0 amide bonds. The number of halogens is 1. The topological polar surface area (TPSA) is 34.1 Å². The number of carbonyl (C=O) groups excluding carboxylic acids is 2. The summed E-state index contributed by atoms with van der Waals surface area (Å²) in [4.78, 5) is 25.7. The van der Waals surface area contributed by atoms with E-state index in [9.17, 15) is 14.0 Å². The van der Waals surface area contributed by atoms with Crippen LogP contribution in [-0.2, 0) is 17.6 Å². The van der Waals surface area contributed by atoms with Crippen molar-refractivity contribution in [2.75, 3.05) is 0 Å². The maximum atomic E-state index is 13.8. The zero-order chi connectivity index (χ0) is 25.8. The van der Waals surface area contributed by atoms with E-state index >= 15 is 0 Å². The summed E-state index contributed by atoms with van der Waals surface area (Å²) >= 11 is 0. The molecule has 0 saturated heterocycles. The van der Waals surface area contributed by atoms with E-state index in [-0.39, 0.29) is 29.4 Å². The second-order valence-electron chi connectivity index (χ2n) is 10.7. The van der Waals surface area contributed by atoms with Crippen LogP contribution in [0, 0.1) is 11.7 Å². The summed E-state index contributed by atoms with van der Waals surface area (Å²) in [5, 5.41) is 0. The number of hydrogen-bond donors (Lipinski definition) is 0. The van der Waals surface area contributed by atoms with Gasteiger partial charge in [0, 0.05) is 23.3 Å².